The van der Waals surface area contributed by atoms with Crippen LogP contribution in [-0.4, -0.2) is 23.7 Å². The maximum Gasteiger partial charge on any atom is 0.478 e. The van der Waals surface area contributed by atoms with E-state index < -0.39 is 23.5 Å². The maximum atomic E-state index is 12.9. The van der Waals surface area contributed by atoms with Crippen molar-refractivity contribution in [2.75, 3.05) is 5.75 Å². The van der Waals surface area contributed by atoms with Gasteiger partial charge in [0, 0.05) is 5.75 Å². The van der Waals surface area contributed by atoms with E-state index in [9.17, 15) is 17.4 Å². The third-order valence-electron chi connectivity index (χ3n) is 2.56. The number of nitrogens with zero attached hydrogens (tertiary/aromatic N) is 1. The summed E-state index contributed by atoms with van der Waals surface area (Å²) in [6.45, 7) is 7.13. The Morgan fingerprint density at radius 2 is 1.47 bits per heavy atom. The first-order valence-electron chi connectivity index (χ1n) is 6.84. The molecule has 19 heavy (non-hydrogen) atoms. The van der Waals surface area contributed by atoms with E-state index in [1.807, 2.05) is 0 Å². The van der Waals surface area contributed by atoms with Crippen molar-refractivity contribution in [3.8, 4) is 0 Å². The van der Waals surface area contributed by atoms with Crippen LogP contribution in [0.15, 0.2) is 4.03 Å². The zero-order valence-corrected chi connectivity index (χ0v) is 14.2. The monoisotopic (exact) mass is 317 g/mol. The van der Waals surface area contributed by atoms with E-state index in [0.717, 1.165) is 25.7 Å². The SMILES string of the molecule is CCCCCCCCS(=O)(=N[Si](C)(C)C)C(F)(F)F. The van der Waals surface area contributed by atoms with Crippen LogP contribution < -0.4 is 0 Å². The molecular weight excluding hydrogens is 291 g/mol. The summed E-state index contributed by atoms with van der Waals surface area (Å²) >= 11 is 0. The molecule has 0 bridgehead atoms. The minimum atomic E-state index is -4.70. The molecule has 0 aliphatic carbocycles. The highest BCUT2D eigenvalue weighted by Crippen LogP contribution is 2.29. The number of unbranched alkanes of at least 4 members (excludes halogenated alkanes) is 5. The van der Waals surface area contributed by atoms with Gasteiger partial charge in [-0.1, -0.05) is 39.0 Å². The minimum Gasteiger partial charge on any atom is -0.271 e. The third kappa shape index (κ3) is 7.97. The van der Waals surface area contributed by atoms with Crippen LogP contribution in [0.1, 0.15) is 45.4 Å². The Morgan fingerprint density at radius 3 is 1.89 bits per heavy atom. The summed E-state index contributed by atoms with van der Waals surface area (Å²) in [5, 5.41) is 0. The lowest BCUT2D eigenvalue weighted by Crippen LogP contribution is -2.31. The van der Waals surface area contributed by atoms with E-state index in [0.29, 0.717) is 12.8 Å². The highest BCUT2D eigenvalue weighted by atomic mass is 32.2. The molecule has 1 unspecified atom stereocenters. The second-order valence-corrected chi connectivity index (χ2v) is 13.0. The van der Waals surface area contributed by atoms with Crippen molar-refractivity contribution in [2.24, 2.45) is 4.03 Å². The van der Waals surface area contributed by atoms with Gasteiger partial charge in [0.05, 0.1) is 0 Å². The van der Waals surface area contributed by atoms with Crippen LogP contribution in [0.25, 0.3) is 0 Å². The Hall–Kier alpha value is -0.0431. The normalized spacial score (nSPS) is 16.2. The summed E-state index contributed by atoms with van der Waals surface area (Å²) in [5.74, 6) is -0.340. The van der Waals surface area contributed by atoms with Crippen molar-refractivity contribution in [3.05, 3.63) is 0 Å². The Labute approximate surface area is 116 Å². The molecule has 0 aromatic heterocycles. The van der Waals surface area contributed by atoms with Gasteiger partial charge in [0.1, 0.15) is 9.73 Å². The number of hydrogen-bond acceptors (Lipinski definition) is 2. The van der Waals surface area contributed by atoms with Gasteiger partial charge >= 0.3 is 5.51 Å². The predicted molar refractivity (Wildman–Crippen MR) is 78.2 cm³/mol. The lowest BCUT2D eigenvalue weighted by Gasteiger charge is -2.18. The highest BCUT2D eigenvalue weighted by molar-refractivity contribution is 7.95. The number of halogens is 3. The van der Waals surface area contributed by atoms with Crippen molar-refractivity contribution in [1.82, 2.24) is 0 Å². The molecule has 0 aromatic carbocycles. The van der Waals surface area contributed by atoms with E-state index in [2.05, 4.69) is 11.0 Å². The first kappa shape index (κ1) is 19.0. The zero-order chi connectivity index (χ0) is 15.2. The molecule has 0 N–H and O–H groups in total. The first-order chi connectivity index (χ1) is 8.52. The molecule has 0 aliphatic heterocycles. The molecule has 7 heteroatoms. The predicted octanol–water partition coefficient (Wildman–Crippen LogP) is 5.17. The molecule has 0 radical (unpaired) electrons. The lowest BCUT2D eigenvalue weighted by molar-refractivity contribution is -0.0402. The summed E-state index contributed by atoms with van der Waals surface area (Å²) in [4.78, 5) is 0. The molecule has 0 saturated carbocycles. The summed E-state index contributed by atoms with van der Waals surface area (Å²) in [6, 6.07) is 0. The van der Waals surface area contributed by atoms with Crippen molar-refractivity contribution < 1.29 is 17.4 Å². The number of alkyl halides is 3. The summed E-state index contributed by atoms with van der Waals surface area (Å²) in [7, 11) is -6.42. The average molecular weight is 317 g/mol. The van der Waals surface area contributed by atoms with Crippen molar-refractivity contribution in [2.45, 2.75) is 70.6 Å². The van der Waals surface area contributed by atoms with Gasteiger partial charge in [-0.25, -0.2) is 4.21 Å². The molecule has 1 atom stereocenters. The quantitative estimate of drug-likeness (QED) is 0.448. The minimum absolute atomic E-state index is 0.340. The zero-order valence-electron chi connectivity index (χ0n) is 12.3. The smallest absolute Gasteiger partial charge is 0.271 e. The van der Waals surface area contributed by atoms with E-state index >= 15 is 0 Å². The van der Waals surface area contributed by atoms with Crippen LogP contribution in [0.2, 0.25) is 19.6 Å². The molecule has 0 aromatic rings. The van der Waals surface area contributed by atoms with Crippen LogP contribution >= 0.6 is 0 Å². The molecule has 0 aliphatic rings. The van der Waals surface area contributed by atoms with E-state index in [-0.39, 0.29) is 5.75 Å². The summed E-state index contributed by atoms with van der Waals surface area (Å²) < 4.78 is 54.5. The van der Waals surface area contributed by atoms with Crippen LogP contribution in [0.4, 0.5) is 13.2 Å². The summed E-state index contributed by atoms with van der Waals surface area (Å²) in [5.41, 5.74) is -4.70. The van der Waals surface area contributed by atoms with E-state index in [1.165, 1.54) is 0 Å². The van der Waals surface area contributed by atoms with Gasteiger partial charge in [-0.15, -0.1) is 0 Å². The molecular formula is C12H26F3NOSSi. The molecule has 0 heterocycles. The average Bonchev–Trinajstić information content (AvgIpc) is 2.19. The van der Waals surface area contributed by atoms with Crippen molar-refractivity contribution in [3.63, 3.8) is 0 Å². The molecule has 2 nitrogen and oxygen atoms in total. The topological polar surface area (TPSA) is 29.4 Å². The molecule has 0 rings (SSSR count). The fraction of sp³-hybridized carbons (Fsp3) is 1.00. The van der Waals surface area contributed by atoms with E-state index in [4.69, 9.17) is 0 Å². The maximum absolute atomic E-state index is 12.9. The van der Waals surface area contributed by atoms with Gasteiger partial charge in [-0.2, -0.15) is 13.2 Å². The fourth-order valence-corrected chi connectivity index (χ4v) is 6.88. The highest BCUT2D eigenvalue weighted by Gasteiger charge is 2.43. The number of hydrogen-bond donors (Lipinski definition) is 0. The van der Waals surface area contributed by atoms with Gasteiger partial charge < -0.3 is 0 Å². The van der Waals surface area contributed by atoms with Gasteiger partial charge in [0.25, 0.3) is 0 Å². The molecule has 0 saturated heterocycles. The molecule has 0 fully saturated rings. The molecule has 0 amide bonds. The van der Waals surface area contributed by atoms with Crippen LogP contribution in [-0.2, 0) is 9.73 Å². The second-order valence-electron chi connectivity index (χ2n) is 5.82. The van der Waals surface area contributed by atoms with Crippen molar-refractivity contribution in [1.29, 1.82) is 0 Å². The van der Waals surface area contributed by atoms with Gasteiger partial charge in [0.2, 0.25) is 0 Å². The Balaban J connectivity index is 4.58. The van der Waals surface area contributed by atoms with Gasteiger partial charge in [-0.05, 0) is 26.1 Å². The largest absolute Gasteiger partial charge is 0.478 e. The number of rotatable bonds is 8. The standard InChI is InChI=1S/C12H26F3NOSSi/c1-5-6-7-8-9-10-11-18(17,12(13,14)15)16-19(2,3)4/h5-11H2,1-4H3. The summed E-state index contributed by atoms with van der Waals surface area (Å²) in [6.07, 6.45) is 5.20. The Morgan fingerprint density at radius 1 is 1.00 bits per heavy atom. The van der Waals surface area contributed by atoms with E-state index in [1.54, 1.807) is 19.6 Å². The Bertz CT molecular complexity index is 368. The van der Waals surface area contributed by atoms with Gasteiger partial charge in [0.15, 0.2) is 8.24 Å². The van der Waals surface area contributed by atoms with Gasteiger partial charge in [-0.3, -0.25) is 4.03 Å². The van der Waals surface area contributed by atoms with Crippen LogP contribution in [0.3, 0.4) is 0 Å². The lowest BCUT2D eigenvalue weighted by atomic mass is 10.1. The molecule has 0 spiro atoms. The van der Waals surface area contributed by atoms with Crippen LogP contribution in [0, 0.1) is 0 Å². The van der Waals surface area contributed by atoms with Crippen LogP contribution in [0.5, 0.6) is 0 Å². The molecule has 116 valence electrons. The second kappa shape index (κ2) is 7.66. The first-order valence-corrected chi connectivity index (χ1v) is 12.0. The van der Waals surface area contributed by atoms with Crippen molar-refractivity contribution >= 4 is 18.0 Å². The Kier molecular flexibility index (Phi) is 7.65. The third-order valence-corrected chi connectivity index (χ3v) is 7.49. The fourth-order valence-electron chi connectivity index (χ4n) is 1.73.